The Morgan fingerprint density at radius 1 is 1.03 bits per heavy atom. The molecule has 2 aliphatic carbocycles. The zero-order chi connectivity index (χ0) is 24.4. The van der Waals surface area contributed by atoms with Crippen LogP contribution in [-0.2, 0) is 19.1 Å². The Hall–Kier alpha value is -3.39. The number of fused-ring (bicyclic) bond motifs is 3. The van der Waals surface area contributed by atoms with Gasteiger partial charge < -0.3 is 25.2 Å². The first kappa shape index (κ1) is 23.4. The van der Waals surface area contributed by atoms with Gasteiger partial charge in [-0.2, -0.15) is 0 Å². The van der Waals surface area contributed by atoms with Gasteiger partial charge in [-0.15, -0.1) is 0 Å². The average molecular weight is 479 g/mol. The molecule has 0 aromatic heterocycles. The SMILES string of the molecule is O=C(O)CC(NC(=O)OCC1c2ccccc2-c2ccccc21)C(=O)NC1CCOC12CCCC2. The van der Waals surface area contributed by atoms with Crippen molar-refractivity contribution in [3.05, 3.63) is 59.7 Å². The molecule has 1 saturated heterocycles. The molecule has 1 heterocycles. The van der Waals surface area contributed by atoms with Gasteiger partial charge in [-0.25, -0.2) is 4.79 Å². The molecule has 3 aliphatic rings. The van der Waals surface area contributed by atoms with Crippen LogP contribution in [0.25, 0.3) is 11.1 Å². The molecule has 8 nitrogen and oxygen atoms in total. The van der Waals surface area contributed by atoms with E-state index in [0.717, 1.165) is 47.9 Å². The maximum Gasteiger partial charge on any atom is 0.407 e. The quantitative estimate of drug-likeness (QED) is 0.561. The second-order valence-corrected chi connectivity index (χ2v) is 9.59. The van der Waals surface area contributed by atoms with Gasteiger partial charge in [0.2, 0.25) is 5.91 Å². The summed E-state index contributed by atoms with van der Waals surface area (Å²) >= 11 is 0. The molecular weight excluding hydrogens is 448 g/mol. The van der Waals surface area contributed by atoms with Gasteiger partial charge in [-0.1, -0.05) is 61.4 Å². The van der Waals surface area contributed by atoms with Crippen molar-refractivity contribution in [2.45, 2.75) is 62.1 Å². The van der Waals surface area contributed by atoms with Crippen molar-refractivity contribution in [2.75, 3.05) is 13.2 Å². The monoisotopic (exact) mass is 478 g/mol. The molecule has 1 aliphatic heterocycles. The van der Waals surface area contributed by atoms with E-state index < -0.39 is 30.4 Å². The van der Waals surface area contributed by atoms with Crippen LogP contribution in [-0.4, -0.2) is 54.0 Å². The van der Waals surface area contributed by atoms with Crippen LogP contribution in [0.1, 0.15) is 55.6 Å². The molecule has 3 N–H and O–H groups in total. The lowest BCUT2D eigenvalue weighted by atomic mass is 9.92. The van der Waals surface area contributed by atoms with E-state index in [1.807, 2.05) is 48.5 Å². The number of rotatable bonds is 7. The lowest BCUT2D eigenvalue weighted by Gasteiger charge is -2.31. The van der Waals surface area contributed by atoms with E-state index >= 15 is 0 Å². The normalized spacial score (nSPS) is 20.7. The summed E-state index contributed by atoms with van der Waals surface area (Å²) in [6, 6.07) is 14.6. The smallest absolute Gasteiger partial charge is 0.407 e. The van der Waals surface area contributed by atoms with Gasteiger partial charge in [0, 0.05) is 12.5 Å². The summed E-state index contributed by atoms with van der Waals surface area (Å²) in [6.07, 6.45) is 3.17. The van der Waals surface area contributed by atoms with E-state index in [2.05, 4.69) is 10.6 Å². The number of amides is 2. The van der Waals surface area contributed by atoms with Crippen LogP contribution in [0, 0.1) is 0 Å². The molecule has 2 amide bonds. The topological polar surface area (TPSA) is 114 Å². The fourth-order valence-corrected chi connectivity index (χ4v) is 5.85. The highest BCUT2D eigenvalue weighted by Crippen LogP contribution is 2.44. The van der Waals surface area contributed by atoms with E-state index in [4.69, 9.17) is 9.47 Å². The fourth-order valence-electron chi connectivity index (χ4n) is 5.85. The Bertz CT molecular complexity index is 1080. The molecule has 2 aromatic rings. The molecule has 2 unspecified atom stereocenters. The first-order chi connectivity index (χ1) is 17.0. The van der Waals surface area contributed by atoms with Crippen LogP contribution in [0.2, 0.25) is 0 Å². The van der Waals surface area contributed by atoms with Crippen molar-refractivity contribution < 1.29 is 29.0 Å². The minimum absolute atomic E-state index is 0.0842. The number of ether oxygens (including phenoxy) is 2. The first-order valence-electron chi connectivity index (χ1n) is 12.2. The summed E-state index contributed by atoms with van der Waals surface area (Å²) in [4.78, 5) is 37.1. The van der Waals surface area contributed by atoms with Gasteiger partial charge in [0.25, 0.3) is 0 Å². The summed E-state index contributed by atoms with van der Waals surface area (Å²) in [5.41, 5.74) is 4.00. The number of hydrogen-bond acceptors (Lipinski definition) is 5. The van der Waals surface area contributed by atoms with E-state index in [0.29, 0.717) is 13.0 Å². The van der Waals surface area contributed by atoms with E-state index in [1.165, 1.54) is 0 Å². The number of carboxylic acid groups (broad SMARTS) is 1. The van der Waals surface area contributed by atoms with E-state index in [-0.39, 0.29) is 24.2 Å². The summed E-state index contributed by atoms with van der Waals surface area (Å²) in [6.45, 7) is 0.648. The zero-order valence-electron chi connectivity index (χ0n) is 19.5. The number of carboxylic acids is 1. The minimum atomic E-state index is -1.23. The summed E-state index contributed by atoms with van der Waals surface area (Å²) in [7, 11) is 0. The summed E-state index contributed by atoms with van der Waals surface area (Å²) in [5.74, 6) is -1.83. The molecule has 2 fully saturated rings. The second kappa shape index (κ2) is 9.70. The van der Waals surface area contributed by atoms with Crippen molar-refractivity contribution >= 4 is 18.0 Å². The van der Waals surface area contributed by atoms with Gasteiger partial charge in [0.1, 0.15) is 12.6 Å². The van der Waals surface area contributed by atoms with Crippen molar-refractivity contribution in [1.82, 2.24) is 10.6 Å². The summed E-state index contributed by atoms with van der Waals surface area (Å²) in [5, 5.41) is 14.8. The number of hydrogen-bond donors (Lipinski definition) is 3. The van der Waals surface area contributed by atoms with Crippen molar-refractivity contribution in [1.29, 1.82) is 0 Å². The van der Waals surface area contributed by atoms with Crippen LogP contribution in [0.15, 0.2) is 48.5 Å². The van der Waals surface area contributed by atoms with Crippen molar-refractivity contribution in [3.8, 4) is 11.1 Å². The lowest BCUT2D eigenvalue weighted by Crippen LogP contribution is -2.55. The first-order valence-corrected chi connectivity index (χ1v) is 12.2. The molecule has 5 rings (SSSR count). The number of nitrogens with one attached hydrogen (secondary N) is 2. The Kier molecular flexibility index (Phi) is 6.47. The molecule has 1 spiro atoms. The number of carbonyl (C=O) groups is 3. The third kappa shape index (κ3) is 4.62. The van der Waals surface area contributed by atoms with Crippen LogP contribution in [0.3, 0.4) is 0 Å². The number of benzene rings is 2. The predicted octanol–water partition coefficient (Wildman–Crippen LogP) is 3.59. The molecule has 2 atom stereocenters. The van der Waals surface area contributed by atoms with Crippen LogP contribution in [0.4, 0.5) is 4.79 Å². The Labute approximate surface area is 204 Å². The van der Waals surface area contributed by atoms with Gasteiger partial charge in [-0.05, 0) is 41.5 Å². The molecule has 8 heteroatoms. The van der Waals surface area contributed by atoms with Crippen molar-refractivity contribution in [2.24, 2.45) is 0 Å². The average Bonchev–Trinajstić information content (AvgIpc) is 3.56. The third-order valence-electron chi connectivity index (χ3n) is 7.53. The predicted molar refractivity (Wildman–Crippen MR) is 128 cm³/mol. The number of aliphatic carboxylic acids is 1. The van der Waals surface area contributed by atoms with E-state index in [9.17, 15) is 19.5 Å². The van der Waals surface area contributed by atoms with Crippen LogP contribution < -0.4 is 10.6 Å². The maximum atomic E-state index is 13.0. The van der Waals surface area contributed by atoms with Crippen LogP contribution >= 0.6 is 0 Å². The highest BCUT2D eigenvalue weighted by Gasteiger charge is 2.47. The molecule has 0 bridgehead atoms. The molecule has 1 saturated carbocycles. The van der Waals surface area contributed by atoms with Crippen molar-refractivity contribution in [3.63, 3.8) is 0 Å². The number of alkyl carbamates (subject to hydrolysis) is 1. The molecular formula is C27H30N2O6. The van der Waals surface area contributed by atoms with Gasteiger partial charge in [0.05, 0.1) is 18.1 Å². The molecule has 2 aromatic carbocycles. The Morgan fingerprint density at radius 2 is 1.66 bits per heavy atom. The standard InChI is InChI=1S/C27H30N2O6/c30-24(31)15-22(25(32)29-23-11-14-35-27(23)12-5-6-13-27)28-26(33)34-16-21-19-9-3-1-7-17(19)18-8-2-4-10-20(18)21/h1-4,7-10,21-23H,5-6,11-16H2,(H,28,33)(H,29,32)(H,30,31). The van der Waals surface area contributed by atoms with Gasteiger partial charge in [-0.3, -0.25) is 9.59 Å². The molecule has 0 radical (unpaired) electrons. The van der Waals surface area contributed by atoms with Crippen LogP contribution in [0.5, 0.6) is 0 Å². The highest BCUT2D eigenvalue weighted by atomic mass is 16.5. The van der Waals surface area contributed by atoms with Gasteiger partial charge >= 0.3 is 12.1 Å². The summed E-state index contributed by atoms with van der Waals surface area (Å²) < 4.78 is 11.5. The Balaban J connectivity index is 1.23. The van der Waals surface area contributed by atoms with Gasteiger partial charge in [0.15, 0.2) is 0 Å². The third-order valence-corrected chi connectivity index (χ3v) is 7.53. The van der Waals surface area contributed by atoms with E-state index in [1.54, 1.807) is 0 Å². The minimum Gasteiger partial charge on any atom is -0.481 e. The zero-order valence-corrected chi connectivity index (χ0v) is 19.5. The second-order valence-electron chi connectivity index (χ2n) is 9.59. The maximum absolute atomic E-state index is 13.0. The lowest BCUT2D eigenvalue weighted by molar-refractivity contribution is -0.140. The molecule has 184 valence electrons. The fraction of sp³-hybridized carbons (Fsp3) is 0.444. The highest BCUT2D eigenvalue weighted by molar-refractivity contribution is 5.89. The Morgan fingerprint density at radius 3 is 2.29 bits per heavy atom. The largest absolute Gasteiger partial charge is 0.481 e. The molecule has 35 heavy (non-hydrogen) atoms. The number of carbonyl (C=O) groups excluding carboxylic acids is 2.